The van der Waals surface area contributed by atoms with Crippen molar-refractivity contribution < 1.29 is 14.2 Å². The fraction of sp³-hybridized carbons (Fsp3) is 0.294. The van der Waals surface area contributed by atoms with Gasteiger partial charge in [0.25, 0.3) is 0 Å². The molecular weight excluding hydrogens is 308 g/mol. The molecule has 2 aromatic rings. The maximum absolute atomic E-state index is 5.96. The lowest BCUT2D eigenvalue weighted by Crippen LogP contribution is -2.22. The third kappa shape index (κ3) is 3.87. The Morgan fingerprint density at radius 2 is 2.12 bits per heavy atom. The van der Waals surface area contributed by atoms with E-state index in [-0.39, 0.29) is 0 Å². The van der Waals surface area contributed by atoms with Gasteiger partial charge in [-0.1, -0.05) is 0 Å². The lowest BCUT2D eigenvalue weighted by molar-refractivity contribution is 0.297. The molecule has 1 aromatic carbocycles. The third-order valence-electron chi connectivity index (χ3n) is 3.52. The number of benzene rings is 1. The Morgan fingerprint density at radius 3 is 2.96 bits per heavy atom. The number of hydrogen-bond donors (Lipinski definition) is 2. The summed E-state index contributed by atoms with van der Waals surface area (Å²) in [5.74, 6) is 2.49. The van der Waals surface area contributed by atoms with Crippen molar-refractivity contribution in [2.75, 3.05) is 25.6 Å². The maximum atomic E-state index is 5.96. The van der Waals surface area contributed by atoms with Gasteiger partial charge in [-0.25, -0.2) is 4.99 Å². The van der Waals surface area contributed by atoms with Crippen LogP contribution in [0.1, 0.15) is 12.0 Å². The lowest BCUT2D eigenvalue weighted by Gasteiger charge is -2.11. The molecule has 0 saturated carbocycles. The quantitative estimate of drug-likeness (QED) is 0.660. The number of nitrogens with one attached hydrogen (secondary N) is 1. The van der Waals surface area contributed by atoms with E-state index in [1.165, 1.54) is 0 Å². The van der Waals surface area contributed by atoms with Gasteiger partial charge in [-0.2, -0.15) is 0 Å². The normalized spacial score (nSPS) is 14.0. The van der Waals surface area contributed by atoms with E-state index in [1.54, 1.807) is 25.6 Å². The fourth-order valence-electron chi connectivity index (χ4n) is 2.33. The van der Waals surface area contributed by atoms with Crippen molar-refractivity contribution in [3.8, 4) is 17.2 Å². The van der Waals surface area contributed by atoms with Gasteiger partial charge in [-0.15, -0.1) is 0 Å². The van der Waals surface area contributed by atoms with Crippen LogP contribution in [0.2, 0.25) is 0 Å². The summed E-state index contributed by atoms with van der Waals surface area (Å²) in [5, 5.41) is 3.05. The van der Waals surface area contributed by atoms with Crippen LogP contribution in [0.4, 0.5) is 5.69 Å². The van der Waals surface area contributed by atoms with Crippen molar-refractivity contribution in [2.24, 2.45) is 10.7 Å². The molecular formula is C17H20N4O3. The van der Waals surface area contributed by atoms with Crippen molar-refractivity contribution in [3.63, 3.8) is 0 Å². The van der Waals surface area contributed by atoms with Crippen molar-refractivity contribution in [1.82, 2.24) is 4.98 Å². The number of nitrogens with zero attached hydrogens (tertiary/aromatic N) is 2. The largest absolute Gasteiger partial charge is 0.496 e. The molecule has 1 aliphatic heterocycles. The SMILES string of the molecule is COc1ccncc1CN=C(N)Nc1ccc2c(c1)OCCCO2. The second-order valence-corrected chi connectivity index (χ2v) is 5.23. The second kappa shape index (κ2) is 7.54. The summed E-state index contributed by atoms with van der Waals surface area (Å²) in [5.41, 5.74) is 7.61. The van der Waals surface area contributed by atoms with E-state index in [2.05, 4.69) is 15.3 Å². The van der Waals surface area contributed by atoms with Gasteiger partial charge in [-0.3, -0.25) is 4.98 Å². The van der Waals surface area contributed by atoms with E-state index in [0.717, 1.165) is 29.2 Å². The minimum atomic E-state index is 0.301. The molecule has 0 aliphatic carbocycles. The summed E-state index contributed by atoms with van der Waals surface area (Å²) in [6.07, 6.45) is 4.25. The Balaban J connectivity index is 1.68. The number of methoxy groups -OCH3 is 1. The average Bonchev–Trinajstić information content (AvgIpc) is 2.85. The molecule has 7 nitrogen and oxygen atoms in total. The summed E-state index contributed by atoms with van der Waals surface area (Å²) in [4.78, 5) is 8.39. The van der Waals surface area contributed by atoms with E-state index in [9.17, 15) is 0 Å². The van der Waals surface area contributed by atoms with Gasteiger partial charge in [0, 0.05) is 36.1 Å². The van der Waals surface area contributed by atoms with Crippen LogP contribution in [0, 0.1) is 0 Å². The van der Waals surface area contributed by atoms with Crippen molar-refractivity contribution in [1.29, 1.82) is 0 Å². The summed E-state index contributed by atoms with van der Waals surface area (Å²) >= 11 is 0. The molecule has 1 aromatic heterocycles. The molecule has 0 bridgehead atoms. The number of fused-ring (bicyclic) bond motifs is 1. The summed E-state index contributed by atoms with van der Waals surface area (Å²) in [6.45, 7) is 1.68. The van der Waals surface area contributed by atoms with E-state index < -0.39 is 0 Å². The first kappa shape index (κ1) is 15.9. The molecule has 0 radical (unpaired) electrons. The minimum absolute atomic E-state index is 0.301. The summed E-state index contributed by atoms with van der Waals surface area (Å²) < 4.78 is 16.5. The van der Waals surface area contributed by atoms with Gasteiger partial charge in [0.2, 0.25) is 0 Å². The Labute approximate surface area is 140 Å². The predicted octanol–water partition coefficient (Wildman–Crippen LogP) is 2.18. The smallest absolute Gasteiger partial charge is 0.193 e. The lowest BCUT2D eigenvalue weighted by atomic mass is 10.2. The number of anilines is 1. The molecule has 3 N–H and O–H groups in total. The average molecular weight is 328 g/mol. The van der Waals surface area contributed by atoms with Gasteiger partial charge in [0.05, 0.1) is 26.9 Å². The van der Waals surface area contributed by atoms with Gasteiger partial charge in [0.1, 0.15) is 5.75 Å². The van der Waals surface area contributed by atoms with Crippen molar-refractivity contribution >= 4 is 11.6 Å². The van der Waals surface area contributed by atoms with Crippen LogP contribution in [0.15, 0.2) is 41.7 Å². The van der Waals surface area contributed by atoms with Gasteiger partial charge < -0.3 is 25.3 Å². The Morgan fingerprint density at radius 1 is 1.29 bits per heavy atom. The molecule has 0 unspecified atom stereocenters. The Kier molecular flexibility index (Phi) is 5.00. The first-order valence-electron chi connectivity index (χ1n) is 7.70. The number of aromatic nitrogens is 1. The van der Waals surface area contributed by atoms with E-state index >= 15 is 0 Å². The molecule has 0 saturated heterocycles. The molecule has 0 amide bonds. The molecule has 0 spiro atoms. The molecule has 0 atom stereocenters. The number of guanidine groups is 1. The second-order valence-electron chi connectivity index (χ2n) is 5.23. The van der Waals surface area contributed by atoms with E-state index in [1.807, 2.05) is 18.2 Å². The molecule has 3 rings (SSSR count). The van der Waals surface area contributed by atoms with Crippen LogP contribution in [0.25, 0.3) is 0 Å². The highest BCUT2D eigenvalue weighted by Crippen LogP contribution is 2.32. The maximum Gasteiger partial charge on any atom is 0.193 e. The van der Waals surface area contributed by atoms with Crippen LogP contribution < -0.4 is 25.3 Å². The minimum Gasteiger partial charge on any atom is -0.496 e. The summed E-state index contributed by atoms with van der Waals surface area (Å²) in [6, 6.07) is 7.38. The van der Waals surface area contributed by atoms with Crippen LogP contribution in [-0.4, -0.2) is 31.3 Å². The Bertz CT molecular complexity index is 734. The highest BCUT2D eigenvalue weighted by atomic mass is 16.5. The number of ether oxygens (including phenoxy) is 3. The van der Waals surface area contributed by atoms with Crippen LogP contribution in [-0.2, 0) is 6.54 Å². The number of rotatable bonds is 4. The monoisotopic (exact) mass is 328 g/mol. The highest BCUT2D eigenvalue weighted by Gasteiger charge is 2.11. The fourth-order valence-corrected chi connectivity index (χ4v) is 2.33. The van der Waals surface area contributed by atoms with Gasteiger partial charge in [-0.05, 0) is 18.2 Å². The highest BCUT2D eigenvalue weighted by molar-refractivity contribution is 5.92. The van der Waals surface area contributed by atoms with E-state index in [4.69, 9.17) is 19.9 Å². The molecule has 1 aliphatic rings. The van der Waals surface area contributed by atoms with Crippen LogP contribution >= 0.6 is 0 Å². The molecule has 126 valence electrons. The van der Waals surface area contributed by atoms with Crippen LogP contribution in [0.5, 0.6) is 17.2 Å². The van der Waals surface area contributed by atoms with Gasteiger partial charge in [0.15, 0.2) is 17.5 Å². The first-order valence-corrected chi connectivity index (χ1v) is 7.70. The zero-order chi connectivity index (χ0) is 16.8. The molecule has 2 heterocycles. The number of pyridine rings is 1. The molecule has 7 heteroatoms. The van der Waals surface area contributed by atoms with E-state index in [0.29, 0.717) is 31.5 Å². The zero-order valence-corrected chi connectivity index (χ0v) is 13.5. The molecule has 0 fully saturated rings. The number of nitrogens with two attached hydrogens (primary N) is 1. The van der Waals surface area contributed by atoms with Gasteiger partial charge >= 0.3 is 0 Å². The van der Waals surface area contributed by atoms with Crippen LogP contribution in [0.3, 0.4) is 0 Å². The zero-order valence-electron chi connectivity index (χ0n) is 13.5. The predicted molar refractivity (Wildman–Crippen MR) is 91.8 cm³/mol. The number of aliphatic imine (C=N–C) groups is 1. The third-order valence-corrected chi connectivity index (χ3v) is 3.52. The van der Waals surface area contributed by atoms with Crippen molar-refractivity contribution in [3.05, 3.63) is 42.2 Å². The number of hydrogen-bond acceptors (Lipinski definition) is 5. The Hall–Kier alpha value is -2.96. The molecule has 24 heavy (non-hydrogen) atoms. The topological polar surface area (TPSA) is 91.0 Å². The summed E-state index contributed by atoms with van der Waals surface area (Å²) in [7, 11) is 1.61. The first-order chi connectivity index (χ1) is 11.8. The van der Waals surface area contributed by atoms with Crippen molar-refractivity contribution in [2.45, 2.75) is 13.0 Å². The standard InChI is InChI=1S/C17H20N4O3/c1-22-14-5-6-19-10-12(14)11-20-17(18)21-13-3-4-15-16(9-13)24-8-2-7-23-15/h3-6,9-10H,2,7-8,11H2,1H3,(H3,18,20,21).